The minimum Gasteiger partial charge on any atom is -0.490 e. The summed E-state index contributed by atoms with van der Waals surface area (Å²) >= 11 is 0. The van der Waals surface area contributed by atoms with Crippen molar-refractivity contribution in [3.63, 3.8) is 0 Å². The molecule has 3 heteroatoms. The molecule has 0 spiro atoms. The van der Waals surface area contributed by atoms with Crippen LogP contribution in [0.25, 0.3) is 0 Å². The first-order valence-corrected chi connectivity index (χ1v) is 8.12. The SMILES string of the molecule is CCCNCc1cnc(C)cc1OC1CCCCCC1. The lowest BCUT2D eigenvalue weighted by Crippen LogP contribution is -2.19. The highest BCUT2D eigenvalue weighted by atomic mass is 16.5. The van der Waals surface area contributed by atoms with Crippen LogP contribution in [-0.4, -0.2) is 17.6 Å². The van der Waals surface area contributed by atoms with Crippen LogP contribution < -0.4 is 10.1 Å². The van der Waals surface area contributed by atoms with Crippen molar-refractivity contribution in [3.8, 4) is 5.75 Å². The number of pyridine rings is 1. The maximum absolute atomic E-state index is 6.30. The molecule has 1 aliphatic rings. The fourth-order valence-corrected chi connectivity index (χ4v) is 2.74. The normalized spacial score (nSPS) is 16.9. The molecule has 0 amide bonds. The van der Waals surface area contributed by atoms with Crippen molar-refractivity contribution in [2.24, 2.45) is 0 Å². The van der Waals surface area contributed by atoms with Gasteiger partial charge >= 0.3 is 0 Å². The molecule has 1 aliphatic carbocycles. The molecule has 0 aliphatic heterocycles. The summed E-state index contributed by atoms with van der Waals surface area (Å²) in [7, 11) is 0. The Morgan fingerprint density at radius 3 is 2.70 bits per heavy atom. The van der Waals surface area contributed by atoms with E-state index in [1.807, 2.05) is 13.1 Å². The first-order valence-electron chi connectivity index (χ1n) is 8.12. The molecule has 112 valence electrons. The predicted octanol–water partition coefficient (Wildman–Crippen LogP) is 3.99. The molecule has 1 saturated carbocycles. The van der Waals surface area contributed by atoms with Crippen LogP contribution in [0.15, 0.2) is 12.3 Å². The number of ether oxygens (including phenoxy) is 1. The average molecular weight is 276 g/mol. The van der Waals surface area contributed by atoms with Gasteiger partial charge in [-0.25, -0.2) is 0 Å². The first-order chi connectivity index (χ1) is 9.79. The van der Waals surface area contributed by atoms with Crippen molar-refractivity contribution < 1.29 is 4.74 Å². The molecule has 0 aromatic carbocycles. The van der Waals surface area contributed by atoms with Gasteiger partial charge in [0.25, 0.3) is 0 Å². The number of rotatable bonds is 6. The zero-order chi connectivity index (χ0) is 14.2. The number of nitrogens with zero attached hydrogens (tertiary/aromatic N) is 1. The van der Waals surface area contributed by atoms with E-state index in [2.05, 4.69) is 23.3 Å². The lowest BCUT2D eigenvalue weighted by molar-refractivity contribution is 0.181. The molecule has 1 aromatic rings. The molecule has 0 atom stereocenters. The molecule has 3 nitrogen and oxygen atoms in total. The van der Waals surface area contributed by atoms with Gasteiger partial charge in [-0.2, -0.15) is 0 Å². The number of aromatic nitrogens is 1. The third kappa shape index (κ3) is 4.78. The number of nitrogens with one attached hydrogen (secondary N) is 1. The van der Waals surface area contributed by atoms with Gasteiger partial charge in [-0.1, -0.05) is 19.8 Å². The van der Waals surface area contributed by atoms with Gasteiger partial charge < -0.3 is 10.1 Å². The van der Waals surface area contributed by atoms with Crippen LogP contribution in [-0.2, 0) is 6.54 Å². The van der Waals surface area contributed by atoms with Gasteiger partial charge in [-0.3, -0.25) is 4.98 Å². The number of hydrogen-bond donors (Lipinski definition) is 1. The number of aryl methyl sites for hydroxylation is 1. The van der Waals surface area contributed by atoms with E-state index in [0.29, 0.717) is 6.10 Å². The van der Waals surface area contributed by atoms with E-state index in [0.717, 1.165) is 31.0 Å². The third-order valence-electron chi connectivity index (χ3n) is 3.92. The van der Waals surface area contributed by atoms with Gasteiger partial charge in [0.05, 0.1) is 6.10 Å². The molecule has 1 fully saturated rings. The van der Waals surface area contributed by atoms with Gasteiger partial charge in [-0.15, -0.1) is 0 Å². The van der Waals surface area contributed by atoms with E-state index in [4.69, 9.17) is 4.74 Å². The smallest absolute Gasteiger partial charge is 0.127 e. The van der Waals surface area contributed by atoms with Crippen LogP contribution in [0, 0.1) is 6.92 Å². The molecular weight excluding hydrogens is 248 g/mol. The fraction of sp³-hybridized carbons (Fsp3) is 0.706. The Morgan fingerprint density at radius 1 is 1.25 bits per heavy atom. The van der Waals surface area contributed by atoms with Crippen LogP contribution in [0.2, 0.25) is 0 Å². The molecule has 1 N–H and O–H groups in total. The van der Waals surface area contributed by atoms with E-state index >= 15 is 0 Å². The minimum atomic E-state index is 0.393. The second kappa shape index (κ2) is 8.25. The average Bonchev–Trinajstić information content (AvgIpc) is 2.70. The quantitative estimate of drug-likeness (QED) is 0.630. The molecule has 0 saturated heterocycles. The Balaban J connectivity index is 2.01. The Labute approximate surface area is 123 Å². The zero-order valence-corrected chi connectivity index (χ0v) is 13.0. The topological polar surface area (TPSA) is 34.2 Å². The standard InChI is InChI=1S/C17H28N2O/c1-3-10-18-12-15-13-19-14(2)11-17(15)20-16-8-6-4-5-7-9-16/h11,13,16,18H,3-10,12H2,1-2H3. The molecule has 0 radical (unpaired) electrons. The highest BCUT2D eigenvalue weighted by molar-refractivity contribution is 5.33. The Bertz CT molecular complexity index is 398. The van der Waals surface area contributed by atoms with Crippen LogP contribution in [0.5, 0.6) is 5.75 Å². The van der Waals surface area contributed by atoms with Crippen LogP contribution >= 0.6 is 0 Å². The molecule has 20 heavy (non-hydrogen) atoms. The summed E-state index contributed by atoms with van der Waals surface area (Å²) in [6.45, 7) is 6.10. The Kier molecular flexibility index (Phi) is 6.31. The summed E-state index contributed by atoms with van der Waals surface area (Å²) in [5.74, 6) is 1.04. The maximum atomic E-state index is 6.30. The monoisotopic (exact) mass is 276 g/mol. The second-order valence-corrected chi connectivity index (χ2v) is 5.84. The maximum Gasteiger partial charge on any atom is 0.127 e. The van der Waals surface area contributed by atoms with E-state index in [-0.39, 0.29) is 0 Å². The van der Waals surface area contributed by atoms with Crippen molar-refractivity contribution in [3.05, 3.63) is 23.5 Å². The van der Waals surface area contributed by atoms with Crippen molar-refractivity contribution >= 4 is 0 Å². The lowest BCUT2D eigenvalue weighted by Gasteiger charge is -2.20. The zero-order valence-electron chi connectivity index (χ0n) is 13.0. The second-order valence-electron chi connectivity index (χ2n) is 5.84. The Hall–Kier alpha value is -1.09. The minimum absolute atomic E-state index is 0.393. The van der Waals surface area contributed by atoms with Gasteiger partial charge in [-0.05, 0) is 45.6 Å². The van der Waals surface area contributed by atoms with E-state index < -0.39 is 0 Å². The van der Waals surface area contributed by atoms with Gasteiger partial charge in [0.15, 0.2) is 0 Å². The van der Waals surface area contributed by atoms with Crippen molar-refractivity contribution in [1.82, 2.24) is 10.3 Å². The highest BCUT2D eigenvalue weighted by Gasteiger charge is 2.15. The van der Waals surface area contributed by atoms with E-state index in [1.165, 1.54) is 44.1 Å². The molecule has 0 bridgehead atoms. The van der Waals surface area contributed by atoms with Crippen molar-refractivity contribution in [2.75, 3.05) is 6.54 Å². The first kappa shape index (κ1) is 15.3. The highest BCUT2D eigenvalue weighted by Crippen LogP contribution is 2.25. The summed E-state index contributed by atoms with van der Waals surface area (Å²) in [6, 6.07) is 2.09. The molecule has 2 rings (SSSR count). The number of hydrogen-bond acceptors (Lipinski definition) is 3. The van der Waals surface area contributed by atoms with Crippen LogP contribution in [0.1, 0.15) is 63.1 Å². The predicted molar refractivity (Wildman–Crippen MR) is 83.1 cm³/mol. The van der Waals surface area contributed by atoms with Crippen molar-refractivity contribution in [1.29, 1.82) is 0 Å². The summed E-state index contributed by atoms with van der Waals surface area (Å²) in [5, 5.41) is 3.44. The third-order valence-corrected chi connectivity index (χ3v) is 3.92. The van der Waals surface area contributed by atoms with Gasteiger partial charge in [0, 0.05) is 30.1 Å². The van der Waals surface area contributed by atoms with Gasteiger partial charge in [0.1, 0.15) is 5.75 Å². The van der Waals surface area contributed by atoms with Crippen LogP contribution in [0.3, 0.4) is 0 Å². The van der Waals surface area contributed by atoms with E-state index in [9.17, 15) is 0 Å². The summed E-state index contributed by atoms with van der Waals surface area (Å²) in [6.07, 6.45) is 11.2. The van der Waals surface area contributed by atoms with Gasteiger partial charge in [0.2, 0.25) is 0 Å². The van der Waals surface area contributed by atoms with Crippen molar-refractivity contribution in [2.45, 2.75) is 71.4 Å². The summed E-state index contributed by atoms with van der Waals surface area (Å²) in [5.41, 5.74) is 2.22. The Morgan fingerprint density at radius 2 is 2.00 bits per heavy atom. The molecular formula is C17H28N2O. The lowest BCUT2D eigenvalue weighted by atomic mass is 10.1. The summed E-state index contributed by atoms with van der Waals surface area (Å²) in [4.78, 5) is 4.41. The fourth-order valence-electron chi connectivity index (χ4n) is 2.74. The summed E-state index contributed by atoms with van der Waals surface area (Å²) < 4.78 is 6.30. The molecule has 0 unspecified atom stereocenters. The van der Waals surface area contributed by atoms with Crippen LogP contribution in [0.4, 0.5) is 0 Å². The van der Waals surface area contributed by atoms with E-state index in [1.54, 1.807) is 0 Å². The molecule has 1 heterocycles. The largest absolute Gasteiger partial charge is 0.490 e. The molecule has 1 aromatic heterocycles.